The molecule has 2 rings (SSSR count). The zero-order valence-corrected chi connectivity index (χ0v) is 10.6. The molecule has 0 aromatic carbocycles. The van der Waals surface area contributed by atoms with Crippen LogP contribution in [0.4, 0.5) is 19.0 Å². The van der Waals surface area contributed by atoms with E-state index in [1.807, 2.05) is 0 Å². The quantitative estimate of drug-likeness (QED) is 0.901. The number of halogens is 3. The average Bonchev–Trinajstić information content (AvgIpc) is 2.30. The topological polar surface area (TPSA) is 61.0 Å². The minimum atomic E-state index is -4.62. The van der Waals surface area contributed by atoms with E-state index >= 15 is 0 Å². The van der Waals surface area contributed by atoms with Gasteiger partial charge in [-0.1, -0.05) is 6.92 Å². The van der Waals surface area contributed by atoms with Crippen molar-refractivity contribution in [1.29, 1.82) is 0 Å². The minimum Gasteiger partial charge on any atom is -0.474 e. The molecular weight excluding hydrogens is 259 g/mol. The van der Waals surface area contributed by atoms with Crippen LogP contribution in [0.2, 0.25) is 0 Å². The lowest BCUT2D eigenvalue weighted by atomic mass is 9.89. The molecule has 1 aromatic heterocycles. The fourth-order valence-electron chi connectivity index (χ4n) is 2.15. The van der Waals surface area contributed by atoms with Gasteiger partial charge in [0.1, 0.15) is 11.9 Å². The van der Waals surface area contributed by atoms with E-state index in [1.165, 1.54) is 6.07 Å². The van der Waals surface area contributed by atoms with Gasteiger partial charge in [0.25, 0.3) is 0 Å². The number of rotatable bonds is 2. The maximum Gasteiger partial charge on any atom is 0.451 e. The van der Waals surface area contributed by atoms with Crippen LogP contribution in [0.1, 0.15) is 38.4 Å². The summed E-state index contributed by atoms with van der Waals surface area (Å²) in [5.41, 5.74) is 5.35. The summed E-state index contributed by atoms with van der Waals surface area (Å²) in [6.07, 6.45) is -1.03. The molecule has 0 saturated heterocycles. The maximum absolute atomic E-state index is 12.5. The molecule has 19 heavy (non-hydrogen) atoms. The lowest BCUT2D eigenvalue weighted by Crippen LogP contribution is -2.24. The Morgan fingerprint density at radius 2 is 1.84 bits per heavy atom. The highest BCUT2D eigenvalue weighted by atomic mass is 19.4. The van der Waals surface area contributed by atoms with Crippen molar-refractivity contribution >= 4 is 5.82 Å². The highest BCUT2D eigenvalue weighted by Crippen LogP contribution is 2.30. The molecule has 0 amide bonds. The van der Waals surface area contributed by atoms with Crippen molar-refractivity contribution in [1.82, 2.24) is 9.97 Å². The zero-order chi connectivity index (χ0) is 14.0. The van der Waals surface area contributed by atoms with Gasteiger partial charge in [0, 0.05) is 6.07 Å². The van der Waals surface area contributed by atoms with Crippen LogP contribution in [-0.2, 0) is 6.18 Å². The molecule has 1 fully saturated rings. The van der Waals surface area contributed by atoms with Gasteiger partial charge in [-0.2, -0.15) is 18.2 Å². The molecule has 0 spiro atoms. The predicted octanol–water partition coefficient (Wildman–Crippen LogP) is 3.04. The van der Waals surface area contributed by atoms with E-state index in [0.717, 1.165) is 25.7 Å². The molecule has 0 atom stereocenters. The number of alkyl halides is 3. The second kappa shape index (κ2) is 5.22. The number of nitrogens with zero attached hydrogens (tertiary/aromatic N) is 2. The van der Waals surface area contributed by atoms with Crippen LogP contribution < -0.4 is 10.5 Å². The molecule has 1 aliphatic rings. The van der Waals surface area contributed by atoms with Crippen LogP contribution in [0.15, 0.2) is 6.07 Å². The van der Waals surface area contributed by atoms with Crippen molar-refractivity contribution in [2.75, 3.05) is 5.73 Å². The molecule has 0 radical (unpaired) electrons. The molecule has 0 bridgehead atoms. The third-order valence-electron chi connectivity index (χ3n) is 3.23. The fourth-order valence-corrected chi connectivity index (χ4v) is 2.15. The Morgan fingerprint density at radius 1 is 1.21 bits per heavy atom. The summed E-state index contributed by atoms with van der Waals surface area (Å²) >= 11 is 0. The highest BCUT2D eigenvalue weighted by molar-refractivity contribution is 5.33. The van der Waals surface area contributed by atoms with Gasteiger partial charge in [0.05, 0.1) is 0 Å². The first-order valence-corrected chi connectivity index (χ1v) is 6.23. The first-order valence-electron chi connectivity index (χ1n) is 6.23. The summed E-state index contributed by atoms with van der Waals surface area (Å²) in [5.74, 6) is -0.950. The summed E-state index contributed by atoms with van der Waals surface area (Å²) in [7, 11) is 0. The lowest BCUT2D eigenvalue weighted by molar-refractivity contribution is -0.145. The second-order valence-corrected chi connectivity index (χ2v) is 4.95. The number of aromatic nitrogens is 2. The average molecular weight is 275 g/mol. The lowest BCUT2D eigenvalue weighted by Gasteiger charge is -2.26. The van der Waals surface area contributed by atoms with Gasteiger partial charge in [-0.3, -0.25) is 0 Å². The van der Waals surface area contributed by atoms with Crippen molar-refractivity contribution in [2.45, 2.75) is 44.9 Å². The highest BCUT2D eigenvalue weighted by Gasteiger charge is 2.35. The van der Waals surface area contributed by atoms with Crippen LogP contribution in [0, 0.1) is 5.92 Å². The first-order chi connectivity index (χ1) is 8.84. The molecule has 106 valence electrons. The molecule has 2 N–H and O–H groups in total. The molecule has 0 unspecified atom stereocenters. The van der Waals surface area contributed by atoms with Crippen LogP contribution in [-0.4, -0.2) is 16.1 Å². The predicted molar refractivity (Wildman–Crippen MR) is 63.5 cm³/mol. The molecule has 1 aliphatic carbocycles. The molecular formula is C12H16F3N3O. The third-order valence-corrected chi connectivity index (χ3v) is 3.23. The van der Waals surface area contributed by atoms with Gasteiger partial charge >= 0.3 is 6.18 Å². The third kappa shape index (κ3) is 3.71. The standard InChI is InChI=1S/C12H16F3N3O/c1-7-2-4-8(5-3-7)19-10-6-9(16)17-11(18-10)12(13,14)15/h6-8H,2-5H2,1H3,(H2,16,17,18). The normalized spacial score (nSPS) is 24.2. The Kier molecular flexibility index (Phi) is 3.82. The van der Waals surface area contributed by atoms with E-state index in [0.29, 0.717) is 5.92 Å². The number of hydrogen-bond acceptors (Lipinski definition) is 4. The number of hydrogen-bond donors (Lipinski definition) is 1. The number of ether oxygens (including phenoxy) is 1. The second-order valence-electron chi connectivity index (χ2n) is 4.95. The Labute approximate surface area is 109 Å². The van der Waals surface area contributed by atoms with Crippen LogP contribution >= 0.6 is 0 Å². The summed E-state index contributed by atoms with van der Waals surface area (Å²) in [4.78, 5) is 6.55. The summed E-state index contributed by atoms with van der Waals surface area (Å²) < 4.78 is 43.1. The van der Waals surface area contributed by atoms with Crippen molar-refractivity contribution in [3.8, 4) is 5.88 Å². The van der Waals surface area contributed by atoms with E-state index in [9.17, 15) is 13.2 Å². The van der Waals surface area contributed by atoms with Gasteiger partial charge in [-0.05, 0) is 31.6 Å². The molecule has 7 heteroatoms. The minimum absolute atomic E-state index is 0.0911. The first kappa shape index (κ1) is 13.9. The molecule has 4 nitrogen and oxygen atoms in total. The van der Waals surface area contributed by atoms with Crippen LogP contribution in [0.25, 0.3) is 0 Å². The molecule has 1 heterocycles. The zero-order valence-electron chi connectivity index (χ0n) is 10.6. The van der Waals surface area contributed by atoms with Gasteiger partial charge in [0.2, 0.25) is 11.7 Å². The summed E-state index contributed by atoms with van der Waals surface area (Å²) in [5, 5.41) is 0. The van der Waals surface area contributed by atoms with E-state index < -0.39 is 12.0 Å². The SMILES string of the molecule is CC1CCC(Oc2cc(N)nc(C(F)(F)F)n2)CC1. The Morgan fingerprint density at radius 3 is 2.42 bits per heavy atom. The van der Waals surface area contributed by atoms with Gasteiger partial charge in [-0.15, -0.1) is 0 Å². The van der Waals surface area contributed by atoms with E-state index in [4.69, 9.17) is 10.5 Å². The Bertz CT molecular complexity index is 442. The van der Waals surface area contributed by atoms with Crippen molar-refractivity contribution < 1.29 is 17.9 Å². The molecule has 1 saturated carbocycles. The fraction of sp³-hybridized carbons (Fsp3) is 0.667. The largest absolute Gasteiger partial charge is 0.474 e. The van der Waals surface area contributed by atoms with Gasteiger partial charge < -0.3 is 10.5 Å². The molecule has 1 aromatic rings. The Hall–Kier alpha value is -1.53. The monoisotopic (exact) mass is 275 g/mol. The Balaban J connectivity index is 2.10. The van der Waals surface area contributed by atoms with Crippen LogP contribution in [0.5, 0.6) is 5.88 Å². The van der Waals surface area contributed by atoms with Crippen LogP contribution in [0.3, 0.4) is 0 Å². The van der Waals surface area contributed by atoms with Crippen molar-refractivity contribution in [3.63, 3.8) is 0 Å². The van der Waals surface area contributed by atoms with Gasteiger partial charge in [-0.25, -0.2) is 4.98 Å². The smallest absolute Gasteiger partial charge is 0.451 e. The van der Waals surface area contributed by atoms with Gasteiger partial charge in [0.15, 0.2) is 0 Å². The van der Waals surface area contributed by atoms with E-state index in [2.05, 4.69) is 16.9 Å². The van der Waals surface area contributed by atoms with Crippen molar-refractivity contribution in [3.05, 3.63) is 11.9 Å². The van der Waals surface area contributed by atoms with Crippen molar-refractivity contribution in [2.24, 2.45) is 5.92 Å². The van der Waals surface area contributed by atoms with E-state index in [-0.39, 0.29) is 17.8 Å². The van der Waals surface area contributed by atoms with E-state index in [1.54, 1.807) is 0 Å². The number of nitrogen functional groups attached to an aromatic ring is 1. The summed E-state index contributed by atoms with van der Waals surface area (Å²) in [6.45, 7) is 2.15. The number of anilines is 1. The number of nitrogens with two attached hydrogens (primary N) is 1. The maximum atomic E-state index is 12.5. The summed E-state index contributed by atoms with van der Waals surface area (Å²) in [6, 6.07) is 1.23. The molecule has 0 aliphatic heterocycles.